The Bertz CT molecular complexity index is 3170. The van der Waals surface area contributed by atoms with Crippen molar-refractivity contribution in [1.29, 1.82) is 0 Å². The lowest BCUT2D eigenvalue weighted by molar-refractivity contribution is 0.383. The maximum absolute atomic E-state index is 6.54. The molecular formula is C60H38BBr3O8. The molecule has 12 heteroatoms. The molecule has 0 saturated carbocycles. The van der Waals surface area contributed by atoms with Crippen LogP contribution in [0.5, 0.6) is 92.0 Å². The van der Waals surface area contributed by atoms with Gasteiger partial charge in [0.05, 0.1) is 0 Å². The average molecular weight is 1140 g/mol. The number of rotatable bonds is 12. The first kappa shape index (κ1) is 46.5. The van der Waals surface area contributed by atoms with Crippen molar-refractivity contribution in [3.63, 3.8) is 0 Å². The van der Waals surface area contributed by atoms with Gasteiger partial charge in [-0.3, -0.25) is 0 Å². The van der Waals surface area contributed by atoms with E-state index in [9.17, 15) is 0 Å². The van der Waals surface area contributed by atoms with Gasteiger partial charge in [-0.25, -0.2) is 0 Å². The highest BCUT2D eigenvalue weighted by Gasteiger charge is 2.44. The van der Waals surface area contributed by atoms with Gasteiger partial charge in [0, 0.05) is 5.46 Å². The number of para-hydroxylation sites is 8. The van der Waals surface area contributed by atoms with Gasteiger partial charge in [0.2, 0.25) is 0 Å². The molecule has 2 aliphatic heterocycles. The fraction of sp³-hybridized carbons (Fsp3) is 0. The van der Waals surface area contributed by atoms with Crippen molar-refractivity contribution in [3.8, 4) is 92.0 Å². The molecule has 2 aliphatic rings. The highest BCUT2D eigenvalue weighted by molar-refractivity contribution is 9.11. The maximum atomic E-state index is 6.54. The molecule has 0 bridgehead atoms. The van der Waals surface area contributed by atoms with E-state index in [2.05, 4.69) is 59.9 Å². The number of benzene rings is 10. The molecule has 0 spiro atoms. The lowest BCUT2D eigenvalue weighted by atomic mass is 9.35. The second-order valence-electron chi connectivity index (χ2n) is 16.2. The average Bonchev–Trinajstić information content (AvgIpc) is 3.44. The number of hydrogen-bond acceptors (Lipinski definition) is 8. The molecule has 12 rings (SSSR count). The summed E-state index contributed by atoms with van der Waals surface area (Å²) in [4.78, 5) is 0. The van der Waals surface area contributed by atoms with Crippen molar-refractivity contribution in [2.24, 2.45) is 0 Å². The lowest BCUT2D eigenvalue weighted by Gasteiger charge is -2.35. The van der Waals surface area contributed by atoms with Crippen LogP contribution in [0.25, 0.3) is 0 Å². The molecule has 2 heterocycles. The Labute approximate surface area is 441 Å². The second-order valence-corrected chi connectivity index (χ2v) is 18.6. The van der Waals surface area contributed by atoms with Crippen LogP contribution < -0.4 is 54.3 Å². The molecule has 0 saturated heterocycles. The fourth-order valence-corrected chi connectivity index (χ4v) is 9.79. The summed E-state index contributed by atoms with van der Waals surface area (Å²) < 4.78 is 53.0. The third kappa shape index (κ3) is 9.76. The van der Waals surface area contributed by atoms with Gasteiger partial charge in [-0.15, -0.1) is 0 Å². The smallest absolute Gasteiger partial charge is 0.261 e. The van der Waals surface area contributed by atoms with Gasteiger partial charge in [-0.05, 0) is 144 Å². The highest BCUT2D eigenvalue weighted by atomic mass is 79.9. The zero-order chi connectivity index (χ0) is 48.8. The molecule has 350 valence electrons. The molecule has 0 aromatic heterocycles. The van der Waals surface area contributed by atoms with E-state index in [1.807, 2.05) is 218 Å². The van der Waals surface area contributed by atoms with Gasteiger partial charge in [-0.1, -0.05) is 146 Å². The molecule has 0 aliphatic carbocycles. The van der Waals surface area contributed by atoms with Gasteiger partial charge < -0.3 is 37.9 Å². The topological polar surface area (TPSA) is 73.8 Å². The Morgan fingerprint density at radius 2 is 0.486 bits per heavy atom. The zero-order valence-electron chi connectivity index (χ0n) is 37.9. The Hall–Kier alpha value is -7.90. The first-order valence-corrected chi connectivity index (χ1v) is 25.2. The molecule has 0 radical (unpaired) electrons. The predicted octanol–water partition coefficient (Wildman–Crippen LogP) is 17.1. The van der Waals surface area contributed by atoms with E-state index < -0.39 is 0 Å². The molecule has 0 N–H and O–H groups in total. The van der Waals surface area contributed by atoms with Crippen molar-refractivity contribution < 1.29 is 37.9 Å². The van der Waals surface area contributed by atoms with E-state index in [0.717, 1.165) is 27.9 Å². The van der Waals surface area contributed by atoms with Gasteiger partial charge >= 0.3 is 0 Å². The minimum absolute atomic E-state index is 0.103. The van der Waals surface area contributed by atoms with Crippen molar-refractivity contribution >= 4 is 70.9 Å². The summed E-state index contributed by atoms with van der Waals surface area (Å²) >= 11 is 11.2. The zero-order valence-corrected chi connectivity index (χ0v) is 42.7. The van der Waals surface area contributed by atoms with Crippen LogP contribution in [-0.4, -0.2) is 6.71 Å². The van der Waals surface area contributed by atoms with E-state index in [0.29, 0.717) is 93.9 Å². The molecule has 8 nitrogen and oxygen atoms in total. The van der Waals surface area contributed by atoms with Crippen LogP contribution in [0, 0.1) is 0 Å². The minimum atomic E-state index is -0.103. The van der Waals surface area contributed by atoms with Crippen molar-refractivity contribution in [2.45, 2.75) is 0 Å². The van der Waals surface area contributed by atoms with E-state index in [-0.39, 0.29) is 6.71 Å². The predicted molar refractivity (Wildman–Crippen MR) is 293 cm³/mol. The number of fused-ring (bicyclic) bond motifs is 4. The Kier molecular flexibility index (Phi) is 13.7. The van der Waals surface area contributed by atoms with E-state index >= 15 is 0 Å². The normalized spacial score (nSPS) is 11.5. The summed E-state index contributed by atoms with van der Waals surface area (Å²) in [6, 6.07) is 73.5. The maximum Gasteiger partial charge on any atom is 0.261 e. The van der Waals surface area contributed by atoms with Crippen LogP contribution in [0.1, 0.15) is 0 Å². The second kappa shape index (κ2) is 21.2. The van der Waals surface area contributed by atoms with Crippen LogP contribution >= 0.6 is 47.8 Å². The third-order valence-corrected chi connectivity index (χ3v) is 13.6. The Morgan fingerprint density at radius 3 is 0.764 bits per heavy atom. The van der Waals surface area contributed by atoms with Gasteiger partial charge in [-0.2, -0.15) is 0 Å². The van der Waals surface area contributed by atoms with E-state index in [1.165, 1.54) is 0 Å². The molecule has 0 atom stereocenters. The summed E-state index contributed by atoms with van der Waals surface area (Å²) in [7, 11) is 0. The fourth-order valence-electron chi connectivity index (χ4n) is 8.23. The number of ether oxygens (including phenoxy) is 8. The Morgan fingerprint density at radius 1 is 0.264 bits per heavy atom. The highest BCUT2D eigenvalue weighted by Crippen LogP contribution is 2.58. The lowest BCUT2D eigenvalue weighted by Crippen LogP contribution is -2.57. The number of hydrogen-bond donors (Lipinski definition) is 0. The van der Waals surface area contributed by atoms with Crippen LogP contribution in [0.2, 0.25) is 0 Å². The van der Waals surface area contributed by atoms with Gasteiger partial charge in [0.15, 0.2) is 46.0 Å². The molecule has 0 unspecified atom stereocenters. The van der Waals surface area contributed by atoms with Crippen molar-refractivity contribution in [2.75, 3.05) is 0 Å². The van der Waals surface area contributed by atoms with Crippen LogP contribution in [0.3, 0.4) is 0 Å². The summed E-state index contributed by atoms with van der Waals surface area (Å²) in [5.74, 6) is 9.57. The molecule has 10 aromatic rings. The van der Waals surface area contributed by atoms with E-state index in [4.69, 9.17) is 37.9 Å². The molecule has 0 amide bonds. The SMILES string of the molecule is Brc1c(Oc2ccccc2)c(Oc2ccccc2)c(Br)c(Oc2ccccc2)c1Oc1ccccc1.Brc1c(Oc2ccccc2)c2c3c(c1Oc1ccccc1)Oc1ccccc1B3c1ccccc1O2. The molecule has 0 fully saturated rings. The van der Waals surface area contributed by atoms with Crippen LogP contribution in [-0.2, 0) is 0 Å². The van der Waals surface area contributed by atoms with Gasteiger partial charge in [0.25, 0.3) is 6.71 Å². The monoisotopic (exact) mass is 1130 g/mol. The molecule has 72 heavy (non-hydrogen) atoms. The summed E-state index contributed by atoms with van der Waals surface area (Å²) in [6.45, 7) is -0.103. The Balaban J connectivity index is 0.000000156. The summed E-state index contributed by atoms with van der Waals surface area (Å²) in [6.07, 6.45) is 0. The summed E-state index contributed by atoms with van der Waals surface area (Å²) in [5, 5.41) is 0. The van der Waals surface area contributed by atoms with Crippen molar-refractivity contribution in [3.05, 3.63) is 244 Å². The van der Waals surface area contributed by atoms with Gasteiger partial charge in [0.1, 0.15) is 59.4 Å². The van der Waals surface area contributed by atoms with Crippen LogP contribution in [0.15, 0.2) is 244 Å². The summed E-state index contributed by atoms with van der Waals surface area (Å²) in [5.41, 5.74) is 3.02. The number of halogens is 3. The first-order chi connectivity index (χ1) is 35.5. The standard InChI is InChI=1S/C30H18BBrO4.C30H20Br2O4/c32-26-29(33-19-11-3-1-4-12-19)27-25-28(30(26)34-20-13-5-2-6-14-20)36-24-18-10-8-16-22(24)31(25)21-15-7-9-17-23(21)35-27;31-25-27(33-21-13-5-1-6-14-21)28(34-22-15-7-2-8-16-22)26(32)30(36-24-19-11-4-12-20-24)29(25)35-23-17-9-3-10-18-23/h1-18H;1-20H. The van der Waals surface area contributed by atoms with Crippen LogP contribution in [0.4, 0.5) is 0 Å². The first-order valence-electron chi connectivity index (χ1n) is 22.8. The molecule has 10 aromatic carbocycles. The largest absolute Gasteiger partial charge is 0.454 e. The minimum Gasteiger partial charge on any atom is -0.454 e. The third-order valence-electron chi connectivity index (χ3n) is 11.5. The molecular weight excluding hydrogens is 1100 g/mol. The van der Waals surface area contributed by atoms with E-state index in [1.54, 1.807) is 0 Å². The quantitative estimate of drug-likeness (QED) is 0.112. The van der Waals surface area contributed by atoms with Crippen molar-refractivity contribution in [1.82, 2.24) is 0 Å².